The summed E-state index contributed by atoms with van der Waals surface area (Å²) in [5, 5.41) is 3.78. The minimum Gasteiger partial charge on any atom is -0.310 e. The molecule has 1 saturated heterocycles. The standard InChI is InChI=1S/C18H27FN2/c1-14-12-17(19)7-4-15(14)8-11-21-10-3-9-20-18(2,13-21)16-5-6-16/h4,7,12,16,20H,3,5-6,8-11,13H2,1-2H3. The van der Waals surface area contributed by atoms with Crippen LogP contribution in [-0.4, -0.2) is 36.6 Å². The number of nitrogens with zero attached hydrogens (tertiary/aromatic N) is 1. The van der Waals surface area contributed by atoms with Gasteiger partial charge in [-0.25, -0.2) is 4.39 Å². The van der Waals surface area contributed by atoms with Crippen molar-refractivity contribution in [3.05, 3.63) is 35.1 Å². The van der Waals surface area contributed by atoms with Crippen molar-refractivity contribution in [1.29, 1.82) is 0 Å². The Bertz CT molecular complexity index is 498. The summed E-state index contributed by atoms with van der Waals surface area (Å²) in [7, 11) is 0. The van der Waals surface area contributed by atoms with Crippen molar-refractivity contribution in [2.75, 3.05) is 26.2 Å². The second-order valence-electron chi connectivity index (χ2n) is 7.07. The third kappa shape index (κ3) is 3.64. The molecule has 1 heterocycles. The lowest BCUT2D eigenvalue weighted by Gasteiger charge is -2.34. The van der Waals surface area contributed by atoms with Crippen LogP contribution in [0.5, 0.6) is 0 Å². The van der Waals surface area contributed by atoms with E-state index in [0.717, 1.165) is 37.5 Å². The minimum atomic E-state index is -0.128. The molecule has 2 nitrogen and oxygen atoms in total. The minimum absolute atomic E-state index is 0.128. The summed E-state index contributed by atoms with van der Waals surface area (Å²) in [5.41, 5.74) is 2.66. The highest BCUT2D eigenvalue weighted by atomic mass is 19.1. The third-order valence-corrected chi connectivity index (χ3v) is 5.21. The Morgan fingerprint density at radius 1 is 1.38 bits per heavy atom. The van der Waals surface area contributed by atoms with E-state index in [1.807, 2.05) is 13.0 Å². The molecule has 1 aromatic rings. The van der Waals surface area contributed by atoms with E-state index in [0.29, 0.717) is 5.54 Å². The van der Waals surface area contributed by atoms with E-state index in [9.17, 15) is 4.39 Å². The number of hydrogen-bond donors (Lipinski definition) is 1. The predicted molar refractivity (Wildman–Crippen MR) is 85.0 cm³/mol. The predicted octanol–water partition coefficient (Wildman–Crippen LogP) is 3.14. The Morgan fingerprint density at radius 3 is 2.90 bits per heavy atom. The van der Waals surface area contributed by atoms with Crippen LogP contribution < -0.4 is 5.32 Å². The lowest BCUT2D eigenvalue weighted by Crippen LogP contribution is -2.51. The van der Waals surface area contributed by atoms with Crippen LogP contribution in [0.3, 0.4) is 0 Å². The largest absolute Gasteiger partial charge is 0.310 e. The van der Waals surface area contributed by atoms with E-state index in [-0.39, 0.29) is 5.82 Å². The molecular formula is C18H27FN2. The summed E-state index contributed by atoms with van der Waals surface area (Å²) < 4.78 is 13.2. The number of halogens is 1. The average Bonchev–Trinajstić information content (AvgIpc) is 3.26. The first-order valence-corrected chi connectivity index (χ1v) is 8.29. The van der Waals surface area contributed by atoms with Crippen molar-refractivity contribution in [2.24, 2.45) is 5.92 Å². The van der Waals surface area contributed by atoms with Crippen molar-refractivity contribution >= 4 is 0 Å². The van der Waals surface area contributed by atoms with Crippen molar-refractivity contribution in [2.45, 2.75) is 45.1 Å². The topological polar surface area (TPSA) is 15.3 Å². The smallest absolute Gasteiger partial charge is 0.123 e. The van der Waals surface area contributed by atoms with Crippen LogP contribution in [-0.2, 0) is 6.42 Å². The molecule has 21 heavy (non-hydrogen) atoms. The van der Waals surface area contributed by atoms with Crippen LogP contribution >= 0.6 is 0 Å². The van der Waals surface area contributed by atoms with Gasteiger partial charge in [-0.1, -0.05) is 6.07 Å². The van der Waals surface area contributed by atoms with Gasteiger partial charge in [0.2, 0.25) is 0 Å². The van der Waals surface area contributed by atoms with E-state index in [1.165, 1.54) is 31.4 Å². The molecule has 0 bridgehead atoms. The summed E-state index contributed by atoms with van der Waals surface area (Å²) >= 11 is 0. The maximum Gasteiger partial charge on any atom is 0.123 e. The van der Waals surface area contributed by atoms with E-state index in [4.69, 9.17) is 0 Å². The molecule has 1 N–H and O–H groups in total. The average molecular weight is 290 g/mol. The molecule has 0 aromatic heterocycles. The molecule has 3 heteroatoms. The molecule has 2 aliphatic rings. The van der Waals surface area contributed by atoms with Crippen molar-refractivity contribution in [1.82, 2.24) is 10.2 Å². The number of nitrogens with one attached hydrogen (secondary N) is 1. The molecule has 1 unspecified atom stereocenters. The molecule has 0 amide bonds. The molecule has 1 aliphatic carbocycles. The Balaban J connectivity index is 1.61. The molecule has 1 atom stereocenters. The van der Waals surface area contributed by atoms with Crippen LogP contribution in [0.2, 0.25) is 0 Å². The quantitative estimate of drug-likeness (QED) is 0.916. The van der Waals surface area contributed by atoms with Crippen LogP contribution in [0.15, 0.2) is 18.2 Å². The van der Waals surface area contributed by atoms with Gasteiger partial charge in [0.1, 0.15) is 5.82 Å². The molecule has 0 spiro atoms. The lowest BCUT2D eigenvalue weighted by atomic mass is 9.95. The van der Waals surface area contributed by atoms with Gasteiger partial charge in [0.05, 0.1) is 0 Å². The maximum absolute atomic E-state index is 13.2. The van der Waals surface area contributed by atoms with Crippen LogP contribution in [0.4, 0.5) is 4.39 Å². The summed E-state index contributed by atoms with van der Waals surface area (Å²) in [6.07, 6.45) is 5.01. The highest BCUT2D eigenvalue weighted by Crippen LogP contribution is 2.40. The van der Waals surface area contributed by atoms with Crippen LogP contribution in [0, 0.1) is 18.7 Å². The number of benzene rings is 1. The van der Waals surface area contributed by atoms with Gasteiger partial charge in [-0.15, -0.1) is 0 Å². The van der Waals surface area contributed by atoms with Gasteiger partial charge in [0, 0.05) is 18.6 Å². The molecule has 1 saturated carbocycles. The first-order chi connectivity index (χ1) is 10.1. The van der Waals surface area contributed by atoms with Crippen molar-refractivity contribution < 1.29 is 4.39 Å². The van der Waals surface area contributed by atoms with Gasteiger partial charge in [-0.05, 0) is 81.8 Å². The maximum atomic E-state index is 13.2. The Kier molecular flexibility index (Phi) is 4.32. The Morgan fingerprint density at radius 2 is 2.19 bits per heavy atom. The van der Waals surface area contributed by atoms with Crippen LogP contribution in [0.25, 0.3) is 0 Å². The van der Waals surface area contributed by atoms with Gasteiger partial charge in [0.15, 0.2) is 0 Å². The van der Waals surface area contributed by atoms with Gasteiger partial charge >= 0.3 is 0 Å². The third-order valence-electron chi connectivity index (χ3n) is 5.21. The van der Waals surface area contributed by atoms with Gasteiger partial charge < -0.3 is 10.2 Å². The number of hydrogen-bond acceptors (Lipinski definition) is 2. The van der Waals surface area contributed by atoms with Gasteiger partial charge in [-0.3, -0.25) is 0 Å². The fourth-order valence-electron chi connectivity index (χ4n) is 3.68. The molecular weight excluding hydrogens is 263 g/mol. The summed E-state index contributed by atoms with van der Waals surface area (Å²) in [6.45, 7) is 8.95. The zero-order chi connectivity index (χ0) is 14.9. The fraction of sp³-hybridized carbons (Fsp3) is 0.667. The number of rotatable bonds is 4. The monoisotopic (exact) mass is 290 g/mol. The second-order valence-corrected chi connectivity index (χ2v) is 7.07. The molecule has 2 fully saturated rings. The fourth-order valence-corrected chi connectivity index (χ4v) is 3.68. The second kappa shape index (κ2) is 6.05. The van der Waals surface area contributed by atoms with E-state index in [2.05, 4.69) is 17.1 Å². The van der Waals surface area contributed by atoms with Gasteiger partial charge in [-0.2, -0.15) is 0 Å². The highest BCUT2D eigenvalue weighted by Gasteiger charge is 2.42. The number of aryl methyl sites for hydroxylation is 1. The van der Waals surface area contributed by atoms with Crippen molar-refractivity contribution in [3.8, 4) is 0 Å². The Labute approximate surface area is 127 Å². The van der Waals surface area contributed by atoms with E-state index >= 15 is 0 Å². The summed E-state index contributed by atoms with van der Waals surface area (Å²) in [6, 6.07) is 5.18. The summed E-state index contributed by atoms with van der Waals surface area (Å²) in [4.78, 5) is 2.60. The van der Waals surface area contributed by atoms with E-state index < -0.39 is 0 Å². The molecule has 1 aliphatic heterocycles. The molecule has 1 aromatic carbocycles. The zero-order valence-corrected chi connectivity index (χ0v) is 13.3. The van der Waals surface area contributed by atoms with Crippen molar-refractivity contribution in [3.63, 3.8) is 0 Å². The molecule has 116 valence electrons. The normalized spacial score (nSPS) is 27.6. The zero-order valence-electron chi connectivity index (χ0n) is 13.3. The van der Waals surface area contributed by atoms with E-state index in [1.54, 1.807) is 12.1 Å². The molecule has 3 rings (SSSR count). The summed E-state index contributed by atoms with van der Waals surface area (Å²) in [5.74, 6) is 0.738. The first kappa shape index (κ1) is 15.0. The lowest BCUT2D eigenvalue weighted by molar-refractivity contribution is 0.203. The highest BCUT2D eigenvalue weighted by molar-refractivity contribution is 5.26. The molecule has 0 radical (unpaired) electrons. The first-order valence-electron chi connectivity index (χ1n) is 8.29. The van der Waals surface area contributed by atoms with Crippen LogP contribution in [0.1, 0.15) is 37.3 Å². The van der Waals surface area contributed by atoms with Gasteiger partial charge in [0.25, 0.3) is 0 Å². The Hall–Kier alpha value is -0.930. The SMILES string of the molecule is Cc1cc(F)ccc1CCN1CCCNC(C)(C2CC2)C1.